The lowest BCUT2D eigenvalue weighted by Crippen LogP contribution is -2.37. The third-order valence-corrected chi connectivity index (χ3v) is 12.2. The van der Waals surface area contributed by atoms with E-state index in [-0.39, 0.29) is 65.8 Å². The molecule has 0 bridgehead atoms. The van der Waals surface area contributed by atoms with Gasteiger partial charge in [0.05, 0.1) is 32.0 Å². The van der Waals surface area contributed by atoms with Gasteiger partial charge in [0.2, 0.25) is 5.91 Å². The molecule has 0 aromatic heterocycles. The summed E-state index contributed by atoms with van der Waals surface area (Å²) in [7, 11) is 2.83. The number of nitrogens with two attached hydrogens (primary N) is 5. The van der Waals surface area contributed by atoms with Crippen LogP contribution in [0.2, 0.25) is 0 Å². The number of esters is 2. The molecule has 0 spiro atoms. The van der Waals surface area contributed by atoms with Gasteiger partial charge in [-0.3, -0.25) is 19.3 Å². The van der Waals surface area contributed by atoms with Crippen molar-refractivity contribution in [2.24, 2.45) is 52.3 Å². The van der Waals surface area contributed by atoms with Gasteiger partial charge in [-0.2, -0.15) is 0 Å². The number of ether oxygens (including phenoxy) is 2. The summed E-state index contributed by atoms with van der Waals surface area (Å²) in [4.78, 5) is 37.1. The molecule has 362 valence electrons. The number of rotatable bonds is 17. The van der Waals surface area contributed by atoms with Crippen molar-refractivity contribution in [2.45, 2.75) is 71.4 Å². The van der Waals surface area contributed by atoms with E-state index < -0.39 is 0 Å². The first-order valence-electron chi connectivity index (χ1n) is 23.1. The Hall–Kier alpha value is -6.47. The monoisotopic (exact) mass is 923 g/mol. The summed E-state index contributed by atoms with van der Waals surface area (Å²) < 4.78 is 9.77. The highest BCUT2D eigenvalue weighted by atomic mass is 16.5. The molecule has 6 rings (SSSR count). The molecule has 6 aromatic carbocycles. The summed E-state index contributed by atoms with van der Waals surface area (Å²) in [5, 5.41) is 0. The number of hydrogen-bond donors (Lipinski definition) is 5. The van der Waals surface area contributed by atoms with Gasteiger partial charge in [0.1, 0.15) is 0 Å². The molecule has 0 aliphatic heterocycles. The second-order valence-corrected chi connectivity index (χ2v) is 16.9. The molecule has 0 saturated carbocycles. The Bertz CT molecular complexity index is 2290. The lowest BCUT2D eigenvalue weighted by molar-refractivity contribution is -0.148. The van der Waals surface area contributed by atoms with E-state index in [1.165, 1.54) is 25.3 Å². The molecule has 0 heterocycles. The van der Waals surface area contributed by atoms with Crippen molar-refractivity contribution in [1.82, 2.24) is 4.90 Å². The van der Waals surface area contributed by atoms with Gasteiger partial charge in [-0.15, -0.1) is 0 Å². The maximum absolute atomic E-state index is 12.6. The molecule has 6 aromatic rings. The van der Waals surface area contributed by atoms with Crippen LogP contribution in [0.5, 0.6) is 0 Å². The van der Waals surface area contributed by atoms with Crippen molar-refractivity contribution in [3.8, 4) is 0 Å². The van der Waals surface area contributed by atoms with Crippen LogP contribution in [0.3, 0.4) is 0 Å². The van der Waals surface area contributed by atoms with E-state index in [1.807, 2.05) is 128 Å². The average molecular weight is 923 g/mol. The van der Waals surface area contributed by atoms with Crippen LogP contribution in [0.4, 0.5) is 0 Å². The van der Waals surface area contributed by atoms with Crippen molar-refractivity contribution in [3.63, 3.8) is 0 Å². The van der Waals surface area contributed by atoms with Gasteiger partial charge in [-0.25, -0.2) is 0 Å². The normalized spacial score (nSPS) is 14.6. The van der Waals surface area contributed by atoms with Crippen molar-refractivity contribution in [3.05, 3.63) is 215 Å². The molecular weight excluding hydrogens is 849 g/mol. The summed E-state index contributed by atoms with van der Waals surface area (Å²) >= 11 is 0. The number of methoxy groups -OCH3 is 2. The molecule has 0 fully saturated rings. The number of carbonyl (C=O) groups is 3. The molecule has 11 nitrogen and oxygen atoms in total. The standard InChI is InChI=1S/C26H29NO2.C11H15NO2.C10H14N2O.C10H16N2/c1-20(26(28)29-3)25(24-17-11-6-12-18-24)27(19-22-13-7-4-8-14-22)21(2)23-15-9-5-10-16-23;1-8(11(13)14-2)10(12)9-6-4-3-5-7-9;1-7(10(12)13)9(11)8-5-3-2-4-6-8;1-8(7-11)10(12)9-5-3-2-4-6-9/h4-18,20-21,25H,19H2,1-3H3;3-8,10H,12H2,1-2H3;2-7,9H,11H2,1H3,(H2,12,13);2-6,8,10H,7,11-12H2,1H3/t20-,21-,25+;8-,10+;7-,9+;8-,10-/m0001/s1. The number of carbonyl (C=O) groups excluding carboxylic acids is 3. The number of primary amides is 1. The zero-order valence-electron chi connectivity index (χ0n) is 40.8. The largest absolute Gasteiger partial charge is 0.469 e. The topological polar surface area (TPSA) is 203 Å². The van der Waals surface area contributed by atoms with Gasteiger partial charge in [0, 0.05) is 36.8 Å². The first kappa shape index (κ1) is 55.9. The zero-order chi connectivity index (χ0) is 50.0. The Morgan fingerprint density at radius 1 is 0.456 bits per heavy atom. The fraction of sp³-hybridized carbons (Fsp3) is 0.316. The van der Waals surface area contributed by atoms with Gasteiger partial charge in [-0.1, -0.05) is 210 Å². The molecular formula is C57H74N6O5. The summed E-state index contributed by atoms with van der Waals surface area (Å²) in [5.74, 6) is -1.45. The van der Waals surface area contributed by atoms with Crippen LogP contribution in [-0.2, 0) is 30.4 Å². The lowest BCUT2D eigenvalue weighted by atomic mass is 9.90. The second kappa shape index (κ2) is 30.0. The van der Waals surface area contributed by atoms with Crippen LogP contribution in [-0.4, -0.2) is 43.5 Å². The van der Waals surface area contributed by atoms with E-state index in [4.69, 9.17) is 33.4 Å². The van der Waals surface area contributed by atoms with Crippen LogP contribution < -0.4 is 28.7 Å². The number of hydrogen-bond acceptors (Lipinski definition) is 10. The quantitative estimate of drug-likeness (QED) is 0.0549. The van der Waals surface area contributed by atoms with Gasteiger partial charge < -0.3 is 38.1 Å². The summed E-state index contributed by atoms with van der Waals surface area (Å²) in [6.45, 7) is 11.1. The van der Waals surface area contributed by atoms with E-state index in [1.54, 1.807) is 13.8 Å². The minimum Gasteiger partial charge on any atom is -0.469 e. The predicted molar refractivity (Wildman–Crippen MR) is 275 cm³/mol. The number of nitrogens with zero attached hydrogens (tertiary/aromatic N) is 1. The average Bonchev–Trinajstić information content (AvgIpc) is 3.40. The fourth-order valence-corrected chi connectivity index (χ4v) is 7.51. The van der Waals surface area contributed by atoms with Crippen LogP contribution >= 0.6 is 0 Å². The fourth-order valence-electron chi connectivity index (χ4n) is 7.51. The van der Waals surface area contributed by atoms with Crippen LogP contribution in [0.15, 0.2) is 182 Å². The molecule has 0 saturated heterocycles. The van der Waals surface area contributed by atoms with Gasteiger partial charge >= 0.3 is 11.9 Å². The minimum atomic E-state index is -0.364. The van der Waals surface area contributed by atoms with Crippen LogP contribution in [0.25, 0.3) is 0 Å². The maximum atomic E-state index is 12.6. The summed E-state index contributed by atoms with van der Waals surface area (Å²) in [5.41, 5.74) is 35.0. The number of benzene rings is 6. The molecule has 1 amide bonds. The van der Waals surface area contributed by atoms with Gasteiger partial charge in [0.25, 0.3) is 0 Å². The SMILES string of the molecule is COC(=O)[C@@H](C)[C@@H](N)c1ccccc1.COC(=O)[C@@H](C)[C@H](c1ccccc1)N(Cc1ccccc1)[C@@H](C)c1ccccc1.C[C@H](C(N)=O)[C@@H](N)c1ccccc1.C[C@H](CN)[C@@H](N)c1ccccc1. The lowest BCUT2D eigenvalue weighted by Gasteiger charge is -2.39. The summed E-state index contributed by atoms with van der Waals surface area (Å²) in [6, 6.07) is 59.7. The minimum absolute atomic E-state index is 0.0659. The van der Waals surface area contributed by atoms with Crippen molar-refractivity contribution >= 4 is 17.8 Å². The Morgan fingerprint density at radius 3 is 1.15 bits per heavy atom. The summed E-state index contributed by atoms with van der Waals surface area (Å²) in [6.07, 6.45) is 0. The first-order chi connectivity index (χ1) is 32.7. The molecule has 0 unspecified atom stereocenters. The van der Waals surface area contributed by atoms with E-state index in [9.17, 15) is 14.4 Å². The molecule has 9 atom stereocenters. The molecule has 10 N–H and O–H groups in total. The highest BCUT2D eigenvalue weighted by Gasteiger charge is 2.34. The highest BCUT2D eigenvalue weighted by molar-refractivity contribution is 5.77. The number of amides is 1. The first-order valence-corrected chi connectivity index (χ1v) is 23.1. The van der Waals surface area contributed by atoms with E-state index in [0.29, 0.717) is 12.5 Å². The molecule has 0 aliphatic carbocycles. The van der Waals surface area contributed by atoms with E-state index in [0.717, 1.165) is 28.8 Å². The smallest absolute Gasteiger partial charge is 0.310 e. The molecule has 68 heavy (non-hydrogen) atoms. The third kappa shape index (κ3) is 17.6. The van der Waals surface area contributed by atoms with E-state index in [2.05, 4.69) is 84.1 Å². The Morgan fingerprint density at radius 2 is 0.779 bits per heavy atom. The Balaban J connectivity index is 0.000000263. The Kier molecular flexibility index (Phi) is 24.7. The third-order valence-electron chi connectivity index (χ3n) is 12.2. The van der Waals surface area contributed by atoms with Crippen molar-refractivity contribution in [1.29, 1.82) is 0 Å². The Labute approximate surface area is 405 Å². The highest BCUT2D eigenvalue weighted by Crippen LogP contribution is 2.37. The maximum Gasteiger partial charge on any atom is 0.310 e. The second-order valence-electron chi connectivity index (χ2n) is 16.9. The zero-order valence-corrected chi connectivity index (χ0v) is 40.8. The van der Waals surface area contributed by atoms with Crippen LogP contribution in [0.1, 0.15) is 98.2 Å². The van der Waals surface area contributed by atoms with E-state index >= 15 is 0 Å². The molecule has 11 heteroatoms. The van der Waals surface area contributed by atoms with Gasteiger partial charge in [0.15, 0.2) is 0 Å². The predicted octanol–water partition coefficient (Wildman–Crippen LogP) is 9.38. The van der Waals surface area contributed by atoms with Crippen molar-refractivity contribution < 1.29 is 23.9 Å². The molecule has 0 aliphatic rings. The van der Waals surface area contributed by atoms with Crippen LogP contribution in [0, 0.1) is 23.7 Å². The van der Waals surface area contributed by atoms with Crippen molar-refractivity contribution in [2.75, 3.05) is 20.8 Å². The molecule has 0 radical (unpaired) electrons. The van der Waals surface area contributed by atoms with Gasteiger partial charge in [-0.05, 0) is 52.8 Å².